The van der Waals surface area contributed by atoms with Crippen molar-refractivity contribution in [3.8, 4) is 5.75 Å². The molecule has 1 aliphatic heterocycles. The number of esters is 1. The summed E-state index contributed by atoms with van der Waals surface area (Å²) in [7, 11) is 0. The van der Waals surface area contributed by atoms with Crippen molar-refractivity contribution in [1.29, 1.82) is 0 Å². The second kappa shape index (κ2) is 11.4. The maximum Gasteiger partial charge on any atom is 0.416 e. The highest BCUT2D eigenvalue weighted by molar-refractivity contribution is 6.31. The lowest BCUT2D eigenvalue weighted by atomic mass is 9.93. The van der Waals surface area contributed by atoms with Gasteiger partial charge in [0.2, 0.25) is 0 Å². The Kier molecular flexibility index (Phi) is 8.57. The first kappa shape index (κ1) is 28.6. The van der Waals surface area contributed by atoms with Crippen molar-refractivity contribution < 1.29 is 36.2 Å². The van der Waals surface area contributed by atoms with Crippen LogP contribution in [0.4, 0.5) is 22.0 Å². The van der Waals surface area contributed by atoms with Crippen LogP contribution in [0.25, 0.3) is 0 Å². The average Bonchev–Trinajstić information content (AvgIpc) is 3.69. The molecule has 10 heteroatoms. The molecule has 1 aliphatic carbocycles. The fraction of sp³-hybridized carbons (Fsp3) is 0.536. The molecule has 0 N–H and O–H groups in total. The van der Waals surface area contributed by atoms with E-state index in [9.17, 15) is 22.4 Å². The maximum absolute atomic E-state index is 15.6. The summed E-state index contributed by atoms with van der Waals surface area (Å²) in [5.41, 5.74) is -1.39. The van der Waals surface area contributed by atoms with E-state index in [4.69, 9.17) is 21.1 Å². The molecule has 0 radical (unpaired) electrons. The number of ether oxygens (including phenoxy) is 2. The second-order valence-corrected chi connectivity index (χ2v) is 11.1. The number of halogens is 6. The van der Waals surface area contributed by atoms with Crippen LogP contribution in [0.1, 0.15) is 72.5 Å². The number of likely N-dealkylation sites (tertiary alicyclic amines) is 1. The van der Waals surface area contributed by atoms with Gasteiger partial charge in [-0.05, 0) is 66.8 Å². The van der Waals surface area contributed by atoms with E-state index in [1.807, 2.05) is 18.7 Å². The Morgan fingerprint density at radius 2 is 1.84 bits per heavy atom. The lowest BCUT2D eigenvalue weighted by molar-refractivity contribution is -0.137. The molecule has 2 aromatic rings. The van der Waals surface area contributed by atoms with Gasteiger partial charge >= 0.3 is 12.1 Å². The van der Waals surface area contributed by atoms with Crippen LogP contribution in [0.15, 0.2) is 30.3 Å². The number of benzene rings is 2. The van der Waals surface area contributed by atoms with E-state index in [-0.39, 0.29) is 54.2 Å². The van der Waals surface area contributed by atoms with Crippen LogP contribution < -0.4 is 4.74 Å². The summed E-state index contributed by atoms with van der Waals surface area (Å²) in [5, 5.41) is 0.0198. The maximum atomic E-state index is 15.6. The van der Waals surface area contributed by atoms with E-state index in [0.717, 1.165) is 31.0 Å². The summed E-state index contributed by atoms with van der Waals surface area (Å²) in [6, 6.07) is 5.85. The largest absolute Gasteiger partial charge is 0.490 e. The van der Waals surface area contributed by atoms with Crippen molar-refractivity contribution in [3.05, 3.63) is 63.4 Å². The fourth-order valence-corrected chi connectivity index (χ4v) is 4.68. The Balaban J connectivity index is 1.36. The van der Waals surface area contributed by atoms with Gasteiger partial charge in [0, 0.05) is 30.7 Å². The monoisotopic (exact) mass is 559 g/mol. The van der Waals surface area contributed by atoms with Gasteiger partial charge in [-0.15, -0.1) is 0 Å². The first-order chi connectivity index (χ1) is 17.8. The number of hydrogen-bond donors (Lipinski definition) is 0. The molecule has 0 bridgehead atoms. The third kappa shape index (κ3) is 7.17. The van der Waals surface area contributed by atoms with Crippen molar-refractivity contribution in [3.63, 3.8) is 0 Å². The number of alkyl halides is 4. The van der Waals surface area contributed by atoms with E-state index >= 15 is 4.39 Å². The van der Waals surface area contributed by atoms with Crippen molar-refractivity contribution in [1.82, 2.24) is 4.90 Å². The fourth-order valence-electron chi connectivity index (χ4n) is 4.44. The van der Waals surface area contributed by atoms with Gasteiger partial charge < -0.3 is 9.47 Å². The van der Waals surface area contributed by atoms with Crippen LogP contribution in [0.5, 0.6) is 5.75 Å². The normalized spacial score (nSPS) is 18.0. The SMILES string of the molecule is CC(C)COC(=O)c1cc(C2CC2)c(OCC2(F)CCN(Cc3ccc(C(F)(F)F)cc3Cl)CC2)cc1F. The standard InChI is InChI=1S/C28H31ClF5NO3/c1-17(2)15-37-26(36)22-12-21(18-3-4-18)25(13-24(22)30)38-16-27(31)7-9-35(10-8-27)14-19-5-6-20(11-23(19)29)28(32,33)34/h5-6,11-13,17-18H,3-4,7-10,14-16H2,1-2H3. The van der Waals surface area contributed by atoms with E-state index in [1.165, 1.54) is 12.1 Å². The van der Waals surface area contributed by atoms with Crippen LogP contribution in [-0.4, -0.2) is 42.8 Å². The zero-order valence-electron chi connectivity index (χ0n) is 21.3. The smallest absolute Gasteiger partial charge is 0.416 e. The molecule has 4 nitrogen and oxygen atoms in total. The molecule has 1 heterocycles. The molecule has 0 unspecified atom stereocenters. The minimum atomic E-state index is -4.47. The second-order valence-electron chi connectivity index (χ2n) is 10.7. The zero-order chi connectivity index (χ0) is 27.7. The molecule has 0 spiro atoms. The topological polar surface area (TPSA) is 38.8 Å². The number of piperidine rings is 1. The van der Waals surface area contributed by atoms with Gasteiger partial charge in [0.05, 0.1) is 17.7 Å². The van der Waals surface area contributed by atoms with Crippen LogP contribution in [0.3, 0.4) is 0 Å². The van der Waals surface area contributed by atoms with E-state index in [2.05, 4.69) is 0 Å². The highest BCUT2D eigenvalue weighted by atomic mass is 35.5. The van der Waals surface area contributed by atoms with Crippen LogP contribution >= 0.6 is 11.6 Å². The molecule has 1 saturated heterocycles. The Labute approximate surface area is 224 Å². The predicted octanol–water partition coefficient (Wildman–Crippen LogP) is 7.57. The minimum Gasteiger partial charge on any atom is -0.490 e. The van der Waals surface area contributed by atoms with E-state index < -0.39 is 29.2 Å². The van der Waals surface area contributed by atoms with Crippen LogP contribution in [0, 0.1) is 11.7 Å². The van der Waals surface area contributed by atoms with Crippen LogP contribution in [-0.2, 0) is 17.5 Å². The van der Waals surface area contributed by atoms with Gasteiger partial charge in [-0.1, -0.05) is 31.5 Å². The lowest BCUT2D eigenvalue weighted by Gasteiger charge is -2.36. The summed E-state index contributed by atoms with van der Waals surface area (Å²) < 4.78 is 80.0. The van der Waals surface area contributed by atoms with E-state index in [1.54, 1.807) is 0 Å². The number of carbonyl (C=O) groups excluding carboxylic acids is 1. The summed E-state index contributed by atoms with van der Waals surface area (Å²) >= 11 is 6.07. The Bertz CT molecular complexity index is 1160. The molecule has 1 saturated carbocycles. The van der Waals surface area contributed by atoms with Crippen molar-refractivity contribution in [2.24, 2.45) is 5.92 Å². The zero-order valence-corrected chi connectivity index (χ0v) is 22.1. The lowest BCUT2D eigenvalue weighted by Crippen LogP contribution is -2.44. The first-order valence-corrected chi connectivity index (χ1v) is 13.1. The molecule has 0 aromatic heterocycles. The van der Waals surface area contributed by atoms with Gasteiger partial charge in [-0.3, -0.25) is 4.90 Å². The third-order valence-corrected chi connectivity index (χ3v) is 7.25. The third-order valence-electron chi connectivity index (χ3n) is 6.90. The Morgan fingerprint density at radius 1 is 1.16 bits per heavy atom. The highest BCUT2D eigenvalue weighted by Crippen LogP contribution is 2.45. The number of carbonyl (C=O) groups is 1. The molecule has 0 atom stereocenters. The van der Waals surface area contributed by atoms with Gasteiger partial charge in [-0.25, -0.2) is 13.6 Å². The Hall–Kier alpha value is -2.39. The summed E-state index contributed by atoms with van der Waals surface area (Å²) in [6.07, 6.45) is -2.42. The van der Waals surface area contributed by atoms with Crippen molar-refractivity contribution in [2.75, 3.05) is 26.3 Å². The van der Waals surface area contributed by atoms with Gasteiger partial charge in [-0.2, -0.15) is 13.2 Å². The quantitative estimate of drug-likeness (QED) is 0.235. The molecule has 4 rings (SSSR count). The molecule has 2 aliphatic rings. The average molecular weight is 560 g/mol. The molecule has 2 fully saturated rings. The molecule has 208 valence electrons. The number of hydrogen-bond acceptors (Lipinski definition) is 4. The summed E-state index contributed by atoms with van der Waals surface area (Å²) in [4.78, 5) is 14.3. The Morgan fingerprint density at radius 3 is 2.42 bits per heavy atom. The summed E-state index contributed by atoms with van der Waals surface area (Å²) in [5.74, 6) is -1.01. The molecule has 0 amide bonds. The number of rotatable bonds is 9. The molecular formula is C28H31ClF5NO3. The molecule has 38 heavy (non-hydrogen) atoms. The highest BCUT2D eigenvalue weighted by Gasteiger charge is 2.37. The summed E-state index contributed by atoms with van der Waals surface area (Å²) in [6.45, 7) is 4.72. The molecular weight excluding hydrogens is 529 g/mol. The minimum absolute atomic E-state index is 0.0198. The van der Waals surface area contributed by atoms with E-state index in [0.29, 0.717) is 30.8 Å². The van der Waals surface area contributed by atoms with Crippen LogP contribution in [0.2, 0.25) is 5.02 Å². The molecule has 2 aromatic carbocycles. The first-order valence-electron chi connectivity index (χ1n) is 12.7. The predicted molar refractivity (Wildman–Crippen MR) is 134 cm³/mol. The van der Waals surface area contributed by atoms with Crippen molar-refractivity contribution in [2.45, 2.75) is 63.8 Å². The van der Waals surface area contributed by atoms with Gasteiger partial charge in [0.1, 0.15) is 23.8 Å². The van der Waals surface area contributed by atoms with Gasteiger partial charge in [0.25, 0.3) is 0 Å². The van der Waals surface area contributed by atoms with Gasteiger partial charge in [0.15, 0.2) is 0 Å². The van der Waals surface area contributed by atoms with Crippen molar-refractivity contribution >= 4 is 17.6 Å². The number of nitrogens with zero attached hydrogens (tertiary/aromatic N) is 1.